The van der Waals surface area contributed by atoms with Gasteiger partial charge in [0.2, 0.25) is 0 Å². The first-order valence-corrected chi connectivity index (χ1v) is 24.6. The summed E-state index contributed by atoms with van der Waals surface area (Å²) in [6.07, 6.45) is -3.91. The molecule has 324 valence electrons. The molecule has 0 spiro atoms. The van der Waals surface area contributed by atoms with Crippen molar-refractivity contribution >= 4 is 58.5 Å². The van der Waals surface area contributed by atoms with Gasteiger partial charge in [-0.2, -0.15) is 0 Å². The minimum absolute atomic E-state index is 0.00349. The molecule has 10 heteroatoms. The highest BCUT2D eigenvalue weighted by molar-refractivity contribution is 6.74. The zero-order valence-corrected chi connectivity index (χ0v) is 37.5. The molecule has 9 nitrogen and oxygen atoms in total. The summed E-state index contributed by atoms with van der Waals surface area (Å²) in [6.45, 7) is 10.9. The second kappa shape index (κ2) is 18.8. The third kappa shape index (κ3) is 9.70. The van der Waals surface area contributed by atoms with Crippen LogP contribution < -0.4 is 0 Å². The Kier molecular flexibility index (Phi) is 13.1. The van der Waals surface area contributed by atoms with E-state index in [1.54, 1.807) is 91.0 Å². The summed E-state index contributed by atoms with van der Waals surface area (Å²) < 4.78 is 38.8. The number of carbonyl (C=O) groups is 3. The smallest absolute Gasteiger partial charge is 0.338 e. The molecule has 0 saturated carbocycles. The average molecular weight is 863 g/mol. The van der Waals surface area contributed by atoms with Crippen LogP contribution in [0.3, 0.4) is 0 Å². The van der Waals surface area contributed by atoms with Crippen LogP contribution in [0.4, 0.5) is 0 Å². The lowest BCUT2D eigenvalue weighted by atomic mass is 9.91. The fourth-order valence-corrected chi connectivity index (χ4v) is 9.00. The number of benzene rings is 7. The molecule has 1 heterocycles. The molecule has 63 heavy (non-hydrogen) atoms. The van der Waals surface area contributed by atoms with E-state index in [1.165, 1.54) is 37.9 Å². The van der Waals surface area contributed by atoms with Crippen molar-refractivity contribution in [2.75, 3.05) is 13.2 Å². The second-order valence-corrected chi connectivity index (χ2v) is 22.5. The van der Waals surface area contributed by atoms with Gasteiger partial charge in [0.1, 0.15) is 6.10 Å². The Labute approximate surface area is 369 Å². The summed E-state index contributed by atoms with van der Waals surface area (Å²) >= 11 is 0. The summed E-state index contributed by atoms with van der Waals surface area (Å²) in [5.41, 5.74) is 2.08. The van der Waals surface area contributed by atoms with Crippen molar-refractivity contribution < 1.29 is 42.5 Å². The van der Waals surface area contributed by atoms with Crippen LogP contribution in [0.2, 0.25) is 18.1 Å². The molecule has 7 aromatic carbocycles. The molecule has 7 aromatic rings. The lowest BCUT2D eigenvalue weighted by Crippen LogP contribution is -2.63. The SMILES string of the molecule is CC(C)(C)[Si](C)(C)OC[C@H]1O[C@@H](OCCCCc2ccc3ccc4cccc5ccc2c3c45)[C@H](OC(=O)c2ccccc2)[C@@H](OC(=O)c2ccccc2)[C@H]1OC(=O)c1ccccc1. The number of ether oxygens (including phenoxy) is 5. The summed E-state index contributed by atoms with van der Waals surface area (Å²) in [7, 11) is -2.40. The highest BCUT2D eigenvalue weighted by Gasteiger charge is 2.54. The number of unbranched alkanes of at least 4 members (excludes halogenated alkanes) is 1. The molecule has 0 unspecified atom stereocenters. The largest absolute Gasteiger partial charge is 0.452 e. The fourth-order valence-electron chi connectivity index (χ4n) is 7.98. The minimum Gasteiger partial charge on any atom is -0.452 e. The maximum Gasteiger partial charge on any atom is 0.338 e. The first-order chi connectivity index (χ1) is 30.4. The van der Waals surface area contributed by atoms with Crippen molar-refractivity contribution in [1.29, 1.82) is 0 Å². The first kappa shape index (κ1) is 43.7. The molecule has 5 atom stereocenters. The van der Waals surface area contributed by atoms with Gasteiger partial charge in [-0.3, -0.25) is 0 Å². The molecule has 0 bridgehead atoms. The van der Waals surface area contributed by atoms with Crippen molar-refractivity contribution in [3.05, 3.63) is 168 Å². The van der Waals surface area contributed by atoms with E-state index in [0.29, 0.717) is 6.42 Å². The van der Waals surface area contributed by atoms with Crippen LogP contribution in [0.5, 0.6) is 0 Å². The van der Waals surface area contributed by atoms with E-state index in [4.69, 9.17) is 28.1 Å². The molecule has 0 aliphatic carbocycles. The lowest BCUT2D eigenvalue weighted by molar-refractivity contribution is -0.298. The van der Waals surface area contributed by atoms with Gasteiger partial charge in [0.05, 0.1) is 23.3 Å². The number of hydrogen-bond donors (Lipinski definition) is 0. The monoisotopic (exact) mass is 862 g/mol. The topological polar surface area (TPSA) is 107 Å². The predicted molar refractivity (Wildman–Crippen MR) is 248 cm³/mol. The third-order valence-electron chi connectivity index (χ3n) is 12.5. The molecule has 0 amide bonds. The molecular formula is C53H54O9Si. The summed E-state index contributed by atoms with van der Waals surface area (Å²) in [6, 6.07) is 45.2. The number of hydrogen-bond acceptors (Lipinski definition) is 9. The van der Waals surface area contributed by atoms with Gasteiger partial charge >= 0.3 is 17.9 Å². The van der Waals surface area contributed by atoms with E-state index in [-0.39, 0.29) is 34.9 Å². The van der Waals surface area contributed by atoms with E-state index in [0.717, 1.165) is 12.8 Å². The van der Waals surface area contributed by atoms with Gasteiger partial charge in [-0.05, 0) is 112 Å². The third-order valence-corrected chi connectivity index (χ3v) is 17.0. The maximum absolute atomic E-state index is 14.0. The van der Waals surface area contributed by atoms with E-state index in [2.05, 4.69) is 88.5 Å². The lowest BCUT2D eigenvalue weighted by Gasteiger charge is -2.46. The molecule has 0 aromatic heterocycles. The number of rotatable bonds is 15. The van der Waals surface area contributed by atoms with Crippen LogP contribution in [-0.2, 0) is 34.5 Å². The van der Waals surface area contributed by atoms with Crippen LogP contribution in [0.15, 0.2) is 146 Å². The van der Waals surface area contributed by atoms with Crippen molar-refractivity contribution in [3.8, 4) is 0 Å². The molecule has 0 N–H and O–H groups in total. The second-order valence-electron chi connectivity index (χ2n) is 17.7. The van der Waals surface area contributed by atoms with Gasteiger partial charge in [0, 0.05) is 6.61 Å². The van der Waals surface area contributed by atoms with Crippen LogP contribution in [-0.4, -0.2) is 70.1 Å². The molecule has 0 radical (unpaired) electrons. The number of carbonyl (C=O) groups excluding carboxylic acids is 3. The van der Waals surface area contributed by atoms with Gasteiger partial charge in [-0.15, -0.1) is 0 Å². The standard InChI is InChI=1S/C53H54O9Si/c1-53(2,3)63(4,5)58-34-43-46(60-49(54)39-19-9-6-10-20-39)47(61-50(55)40-21-11-7-12-22-40)48(62-51(56)41-23-13-8-14-24-41)52(59-43)57-33-16-15-18-35-27-28-38-30-29-36-25-17-26-37-31-32-42(35)45(38)44(36)37/h6-14,17,19-32,43,46-48,52H,15-16,18,33-34H2,1-5H3/t43-,46+,47+,48-,52-/m1/s1. The van der Waals surface area contributed by atoms with Gasteiger partial charge in [-0.25, -0.2) is 14.4 Å². The maximum atomic E-state index is 14.0. The normalized spacial score (nSPS) is 19.3. The molecular weight excluding hydrogens is 809 g/mol. The van der Waals surface area contributed by atoms with Gasteiger partial charge in [0.25, 0.3) is 0 Å². The van der Waals surface area contributed by atoms with Crippen molar-refractivity contribution in [3.63, 3.8) is 0 Å². The van der Waals surface area contributed by atoms with Gasteiger partial charge < -0.3 is 28.1 Å². The van der Waals surface area contributed by atoms with Gasteiger partial charge in [0.15, 0.2) is 32.9 Å². The molecule has 8 rings (SSSR count). The highest BCUT2D eigenvalue weighted by atomic mass is 28.4. The average Bonchev–Trinajstić information content (AvgIpc) is 3.29. The van der Waals surface area contributed by atoms with Crippen molar-refractivity contribution in [2.45, 2.75) is 88.9 Å². The molecule has 1 aliphatic rings. The van der Waals surface area contributed by atoms with Crippen LogP contribution >= 0.6 is 0 Å². The zero-order valence-electron chi connectivity index (χ0n) is 36.5. The van der Waals surface area contributed by atoms with Crippen LogP contribution in [0.1, 0.15) is 70.3 Å². The predicted octanol–water partition coefficient (Wildman–Crippen LogP) is 11.3. The Morgan fingerprint density at radius 3 is 1.60 bits per heavy atom. The number of aryl methyl sites for hydroxylation is 1. The summed E-state index contributed by atoms with van der Waals surface area (Å²) in [5, 5.41) is 7.32. The Morgan fingerprint density at radius 2 is 1.05 bits per heavy atom. The molecule has 1 fully saturated rings. The van der Waals surface area contributed by atoms with Crippen LogP contribution in [0, 0.1) is 0 Å². The van der Waals surface area contributed by atoms with Crippen molar-refractivity contribution in [1.82, 2.24) is 0 Å². The molecule has 1 saturated heterocycles. The highest BCUT2D eigenvalue weighted by Crippen LogP contribution is 2.39. The minimum atomic E-state index is -2.40. The first-order valence-electron chi connectivity index (χ1n) is 21.7. The Hall–Kier alpha value is -5.91. The van der Waals surface area contributed by atoms with E-state index in [9.17, 15) is 14.4 Å². The molecule has 1 aliphatic heterocycles. The van der Waals surface area contributed by atoms with E-state index in [1.807, 2.05) is 0 Å². The summed E-state index contributed by atoms with van der Waals surface area (Å²) in [4.78, 5) is 41.8. The van der Waals surface area contributed by atoms with E-state index >= 15 is 0 Å². The Bertz CT molecular complexity index is 2650. The van der Waals surface area contributed by atoms with E-state index < -0.39 is 56.9 Å². The summed E-state index contributed by atoms with van der Waals surface area (Å²) in [5.74, 6) is -2.04. The fraction of sp³-hybridized carbons (Fsp3) is 0.302. The zero-order chi connectivity index (χ0) is 44.1. The Balaban J connectivity index is 1.09. The Morgan fingerprint density at radius 1 is 0.556 bits per heavy atom. The quantitative estimate of drug-likeness (QED) is 0.0327. The van der Waals surface area contributed by atoms with Gasteiger partial charge in [-0.1, -0.05) is 130 Å². The van der Waals surface area contributed by atoms with Crippen LogP contribution in [0.25, 0.3) is 32.3 Å². The van der Waals surface area contributed by atoms with Crippen molar-refractivity contribution in [2.24, 2.45) is 0 Å². The number of esters is 3.